The molecule has 0 fully saturated rings. The van der Waals surface area contributed by atoms with Gasteiger partial charge in [-0.25, -0.2) is 0 Å². The van der Waals surface area contributed by atoms with E-state index in [-0.39, 0.29) is 6.61 Å². The lowest BCUT2D eigenvalue weighted by molar-refractivity contribution is -0.174. The third-order valence-electron chi connectivity index (χ3n) is 2.11. The summed E-state index contributed by atoms with van der Waals surface area (Å²) >= 11 is 0. The zero-order valence-electron chi connectivity index (χ0n) is 10.1. The minimum Gasteiger partial charge on any atom is -0.494 e. The molecule has 1 aromatic rings. The molecule has 1 rings (SSSR count). The number of alkyl halides is 3. The Morgan fingerprint density at radius 2 is 1.78 bits per heavy atom. The van der Waals surface area contributed by atoms with Gasteiger partial charge in [0.05, 0.1) is 13.2 Å². The van der Waals surface area contributed by atoms with Crippen molar-refractivity contribution in [1.29, 1.82) is 0 Å². The lowest BCUT2D eigenvalue weighted by atomic mass is 10.3. The molecular weight excluding hydrogens is 247 g/mol. The summed E-state index contributed by atoms with van der Waals surface area (Å²) in [6.07, 6.45) is -3.84. The van der Waals surface area contributed by atoms with Crippen LogP contribution in [0.4, 0.5) is 18.9 Å². The Morgan fingerprint density at radius 3 is 2.33 bits per heavy atom. The normalized spacial score (nSPS) is 11.3. The largest absolute Gasteiger partial charge is 0.494 e. The van der Waals surface area contributed by atoms with Crippen LogP contribution in [0.3, 0.4) is 0 Å². The van der Waals surface area contributed by atoms with Crippen molar-refractivity contribution in [2.45, 2.75) is 12.6 Å². The Labute approximate surface area is 104 Å². The van der Waals surface area contributed by atoms with Crippen LogP contribution in [0.1, 0.15) is 6.42 Å². The van der Waals surface area contributed by atoms with E-state index in [1.54, 1.807) is 12.1 Å². The van der Waals surface area contributed by atoms with E-state index in [9.17, 15) is 13.2 Å². The minimum absolute atomic E-state index is 0.0358. The molecule has 6 heteroatoms. The van der Waals surface area contributed by atoms with Crippen LogP contribution < -0.4 is 10.1 Å². The van der Waals surface area contributed by atoms with E-state index < -0.39 is 12.8 Å². The summed E-state index contributed by atoms with van der Waals surface area (Å²) in [5, 5.41) is 2.97. The molecule has 0 atom stereocenters. The number of rotatable bonds is 7. The molecule has 3 nitrogen and oxygen atoms in total. The molecule has 1 aromatic carbocycles. The van der Waals surface area contributed by atoms with Crippen molar-refractivity contribution in [3.63, 3.8) is 0 Å². The predicted molar refractivity (Wildman–Crippen MR) is 63.0 cm³/mol. The fraction of sp³-hybridized carbons (Fsp3) is 0.500. The van der Waals surface area contributed by atoms with Crippen molar-refractivity contribution < 1.29 is 22.6 Å². The molecule has 18 heavy (non-hydrogen) atoms. The van der Waals surface area contributed by atoms with Gasteiger partial charge in [0.1, 0.15) is 12.4 Å². The van der Waals surface area contributed by atoms with Gasteiger partial charge in [0, 0.05) is 19.2 Å². The van der Waals surface area contributed by atoms with Crippen LogP contribution in [0.15, 0.2) is 24.3 Å². The predicted octanol–water partition coefficient (Wildman–Crippen LogP) is 3.08. The summed E-state index contributed by atoms with van der Waals surface area (Å²) in [6, 6.07) is 7.30. The number of anilines is 1. The second-order valence-corrected chi connectivity index (χ2v) is 3.64. The highest BCUT2D eigenvalue weighted by atomic mass is 19.4. The van der Waals surface area contributed by atoms with E-state index in [1.807, 2.05) is 19.2 Å². The highest BCUT2D eigenvalue weighted by Crippen LogP contribution is 2.16. The first-order valence-electron chi connectivity index (χ1n) is 5.56. The Bertz CT molecular complexity index is 338. The van der Waals surface area contributed by atoms with Crippen LogP contribution >= 0.6 is 0 Å². The lowest BCUT2D eigenvalue weighted by Gasteiger charge is -2.09. The van der Waals surface area contributed by atoms with E-state index in [0.29, 0.717) is 18.8 Å². The van der Waals surface area contributed by atoms with E-state index in [4.69, 9.17) is 4.74 Å². The van der Waals surface area contributed by atoms with Crippen LogP contribution in [0.2, 0.25) is 0 Å². The standard InChI is InChI=1S/C12H16F3NO2/c1-16-10-3-5-11(6-4-10)18-8-2-7-17-9-12(13,14)15/h3-6,16H,2,7-9H2,1H3. The SMILES string of the molecule is CNc1ccc(OCCCOCC(F)(F)F)cc1. The van der Waals surface area contributed by atoms with E-state index in [0.717, 1.165) is 5.69 Å². The lowest BCUT2D eigenvalue weighted by Crippen LogP contribution is -2.18. The molecular formula is C12H16F3NO2. The third kappa shape index (κ3) is 6.34. The van der Waals surface area contributed by atoms with Crippen molar-refractivity contribution in [2.24, 2.45) is 0 Å². The summed E-state index contributed by atoms with van der Waals surface area (Å²) in [6.45, 7) is -0.839. The second kappa shape index (κ2) is 7.10. The molecule has 0 aliphatic heterocycles. The highest BCUT2D eigenvalue weighted by Gasteiger charge is 2.27. The summed E-state index contributed by atoms with van der Waals surface area (Å²) < 4.78 is 45.0. The number of ether oxygens (including phenoxy) is 2. The molecule has 102 valence electrons. The van der Waals surface area contributed by atoms with E-state index in [1.165, 1.54) is 0 Å². The van der Waals surface area contributed by atoms with Crippen LogP contribution in [0, 0.1) is 0 Å². The summed E-state index contributed by atoms with van der Waals surface area (Å²) in [5.74, 6) is 0.685. The van der Waals surface area contributed by atoms with Gasteiger partial charge in [-0.15, -0.1) is 0 Å². The molecule has 0 aliphatic carbocycles. The van der Waals surface area contributed by atoms with Crippen LogP contribution in [-0.2, 0) is 4.74 Å². The van der Waals surface area contributed by atoms with Crippen molar-refractivity contribution in [2.75, 3.05) is 32.2 Å². The second-order valence-electron chi connectivity index (χ2n) is 3.64. The molecule has 0 spiro atoms. The van der Waals surface area contributed by atoms with E-state index >= 15 is 0 Å². The average Bonchev–Trinajstić information content (AvgIpc) is 2.33. The van der Waals surface area contributed by atoms with Crippen molar-refractivity contribution in [3.05, 3.63) is 24.3 Å². The molecule has 0 saturated heterocycles. The van der Waals surface area contributed by atoms with Gasteiger partial charge in [-0.1, -0.05) is 0 Å². The number of hydrogen-bond acceptors (Lipinski definition) is 3. The number of hydrogen-bond donors (Lipinski definition) is 1. The van der Waals surface area contributed by atoms with Gasteiger partial charge in [0.15, 0.2) is 0 Å². The topological polar surface area (TPSA) is 30.5 Å². The Kier molecular flexibility index (Phi) is 5.77. The monoisotopic (exact) mass is 263 g/mol. The zero-order valence-corrected chi connectivity index (χ0v) is 10.1. The molecule has 0 radical (unpaired) electrons. The Morgan fingerprint density at radius 1 is 1.11 bits per heavy atom. The van der Waals surface area contributed by atoms with Crippen LogP contribution in [0.25, 0.3) is 0 Å². The van der Waals surface area contributed by atoms with Gasteiger partial charge in [-0.05, 0) is 24.3 Å². The summed E-state index contributed by atoms with van der Waals surface area (Å²) in [7, 11) is 1.81. The molecule has 1 N–H and O–H groups in total. The fourth-order valence-corrected chi connectivity index (χ4v) is 1.26. The maximum Gasteiger partial charge on any atom is 0.411 e. The Hall–Kier alpha value is -1.43. The van der Waals surface area contributed by atoms with Crippen molar-refractivity contribution in [3.8, 4) is 5.75 Å². The van der Waals surface area contributed by atoms with Crippen molar-refractivity contribution in [1.82, 2.24) is 0 Å². The fourth-order valence-electron chi connectivity index (χ4n) is 1.26. The quantitative estimate of drug-likeness (QED) is 0.767. The maximum atomic E-state index is 11.7. The first-order valence-corrected chi connectivity index (χ1v) is 5.56. The average molecular weight is 263 g/mol. The molecule has 0 amide bonds. The summed E-state index contributed by atoms with van der Waals surface area (Å²) in [4.78, 5) is 0. The van der Waals surface area contributed by atoms with Crippen molar-refractivity contribution >= 4 is 5.69 Å². The van der Waals surface area contributed by atoms with Gasteiger partial charge < -0.3 is 14.8 Å². The number of nitrogens with one attached hydrogen (secondary N) is 1. The molecule has 0 bridgehead atoms. The van der Waals surface area contributed by atoms with Gasteiger partial charge >= 0.3 is 6.18 Å². The third-order valence-corrected chi connectivity index (χ3v) is 2.11. The van der Waals surface area contributed by atoms with Gasteiger partial charge in [-0.3, -0.25) is 0 Å². The smallest absolute Gasteiger partial charge is 0.411 e. The minimum atomic E-state index is -4.26. The highest BCUT2D eigenvalue weighted by molar-refractivity contribution is 5.45. The van der Waals surface area contributed by atoms with Gasteiger partial charge in [0.25, 0.3) is 0 Å². The first kappa shape index (κ1) is 14.6. The number of halogens is 3. The molecule has 0 saturated carbocycles. The molecule has 0 aliphatic rings. The first-order chi connectivity index (χ1) is 8.51. The number of benzene rings is 1. The van der Waals surface area contributed by atoms with Gasteiger partial charge in [0.2, 0.25) is 0 Å². The van der Waals surface area contributed by atoms with Gasteiger partial charge in [-0.2, -0.15) is 13.2 Å². The Balaban J connectivity index is 2.10. The van der Waals surface area contributed by atoms with E-state index in [2.05, 4.69) is 10.1 Å². The molecule has 0 unspecified atom stereocenters. The van der Waals surface area contributed by atoms with Crippen LogP contribution in [-0.4, -0.2) is 33.0 Å². The zero-order chi connectivity index (χ0) is 13.4. The van der Waals surface area contributed by atoms with Crippen LogP contribution in [0.5, 0.6) is 5.75 Å². The molecule has 0 heterocycles. The maximum absolute atomic E-state index is 11.7. The molecule has 0 aromatic heterocycles. The summed E-state index contributed by atoms with van der Waals surface area (Å²) in [5.41, 5.74) is 0.968.